The molecule has 1 aromatic rings. The van der Waals surface area contributed by atoms with Crippen LogP contribution in [-0.4, -0.2) is 21.0 Å². The third-order valence-electron chi connectivity index (χ3n) is 6.19. The molecule has 0 bridgehead atoms. The molecule has 0 spiro atoms. The lowest BCUT2D eigenvalue weighted by atomic mass is 10.1. The van der Waals surface area contributed by atoms with Crippen LogP contribution >= 0.6 is 0 Å². The molecule has 3 nitrogen and oxygen atoms in total. The van der Waals surface area contributed by atoms with E-state index in [0.29, 0.717) is 11.1 Å². The van der Waals surface area contributed by atoms with E-state index in [1.165, 1.54) is 32.1 Å². The zero-order valence-corrected chi connectivity index (χ0v) is 20.2. The van der Waals surface area contributed by atoms with E-state index in [9.17, 15) is 13.0 Å². The second-order valence-electron chi connectivity index (χ2n) is 8.80. The quantitative estimate of drug-likeness (QED) is 0.260. The van der Waals surface area contributed by atoms with Crippen molar-refractivity contribution in [3.8, 4) is 0 Å². The molecule has 1 N–H and O–H groups in total. The molecule has 156 valence electrons. The molecule has 1 aromatic carbocycles. The van der Waals surface area contributed by atoms with E-state index in [-0.39, 0.29) is 4.90 Å². The minimum Gasteiger partial charge on any atom is -0.282 e. The lowest BCUT2D eigenvalue weighted by Gasteiger charge is -2.42. The van der Waals surface area contributed by atoms with Gasteiger partial charge in [0.05, 0.1) is 13.0 Å². The summed E-state index contributed by atoms with van der Waals surface area (Å²) in [4.78, 5) is 0.167. The van der Waals surface area contributed by atoms with Crippen molar-refractivity contribution in [1.82, 2.24) is 0 Å². The van der Waals surface area contributed by atoms with Gasteiger partial charge in [-0.2, -0.15) is 8.42 Å². The monoisotopic (exact) mass is 412 g/mol. The summed E-state index contributed by atoms with van der Waals surface area (Å²) < 4.78 is 34.6. The Morgan fingerprint density at radius 2 is 1.44 bits per heavy atom. The van der Waals surface area contributed by atoms with E-state index in [4.69, 9.17) is 0 Å². The lowest BCUT2D eigenvalue weighted by molar-refractivity contribution is 0.483. The largest absolute Gasteiger partial charge is 0.294 e. The molecular weight excluding hydrogens is 372 g/mol. The first kappa shape index (κ1) is 24.4. The van der Waals surface area contributed by atoms with Gasteiger partial charge in [-0.3, -0.25) is 4.55 Å². The summed E-state index contributed by atoms with van der Waals surface area (Å²) in [5, 5.41) is 0.967. The molecule has 0 saturated heterocycles. The molecule has 0 radical (unpaired) electrons. The Bertz CT molecular complexity index is 701. The molecule has 0 aromatic heterocycles. The average molecular weight is 413 g/mol. The molecule has 0 aliphatic heterocycles. The third kappa shape index (κ3) is 5.91. The summed E-state index contributed by atoms with van der Waals surface area (Å²) in [6.45, 7) is 15.1. The molecular formula is C22H40O3SSi. The zero-order chi connectivity index (χ0) is 20.8. The van der Waals surface area contributed by atoms with Gasteiger partial charge in [-0.15, -0.1) is 0 Å². The predicted molar refractivity (Wildman–Crippen MR) is 119 cm³/mol. The van der Waals surface area contributed by atoms with Crippen LogP contribution in [0.4, 0.5) is 0 Å². The van der Waals surface area contributed by atoms with Gasteiger partial charge in [-0.05, 0) is 41.7 Å². The summed E-state index contributed by atoms with van der Waals surface area (Å²) in [5.74, 6) is 0. The second-order valence-corrected chi connectivity index (χ2v) is 15.6. The summed E-state index contributed by atoms with van der Waals surface area (Å²) in [5.41, 5.74) is 2.74. The zero-order valence-electron chi connectivity index (χ0n) is 18.4. The Labute approximate surface area is 168 Å². The summed E-state index contributed by atoms with van der Waals surface area (Å²) in [7, 11) is -6.39. The first-order valence-corrected chi connectivity index (χ1v) is 14.4. The Morgan fingerprint density at radius 3 is 1.93 bits per heavy atom. The Balaban J connectivity index is 3.41. The van der Waals surface area contributed by atoms with Crippen molar-refractivity contribution in [3.05, 3.63) is 23.3 Å². The predicted octanol–water partition coefficient (Wildman–Crippen LogP) is 6.39. The van der Waals surface area contributed by atoms with Crippen LogP contribution in [-0.2, 0) is 10.1 Å². The van der Waals surface area contributed by atoms with Crippen molar-refractivity contribution >= 4 is 23.4 Å². The van der Waals surface area contributed by atoms with Gasteiger partial charge >= 0.3 is 0 Å². The molecule has 0 heterocycles. The second kappa shape index (κ2) is 10.2. The number of rotatable bonds is 11. The van der Waals surface area contributed by atoms with Crippen LogP contribution in [0.5, 0.6) is 0 Å². The van der Waals surface area contributed by atoms with Crippen molar-refractivity contribution in [2.24, 2.45) is 0 Å². The highest BCUT2D eigenvalue weighted by molar-refractivity contribution is 7.86. The lowest BCUT2D eigenvalue weighted by Crippen LogP contribution is -2.55. The molecule has 0 atom stereocenters. The van der Waals surface area contributed by atoms with E-state index >= 15 is 0 Å². The van der Waals surface area contributed by atoms with Gasteiger partial charge in [0, 0.05) is 0 Å². The van der Waals surface area contributed by atoms with Crippen molar-refractivity contribution in [2.45, 2.75) is 109 Å². The molecule has 27 heavy (non-hydrogen) atoms. The minimum absolute atomic E-state index is 0.167. The summed E-state index contributed by atoms with van der Waals surface area (Å²) in [6, 6.07) is 4.84. The molecule has 0 amide bonds. The van der Waals surface area contributed by atoms with E-state index in [1.54, 1.807) is 6.07 Å². The van der Waals surface area contributed by atoms with Crippen molar-refractivity contribution < 1.29 is 13.0 Å². The smallest absolute Gasteiger partial charge is 0.282 e. The maximum atomic E-state index is 12.3. The molecule has 5 heteroatoms. The fourth-order valence-electron chi connectivity index (χ4n) is 4.87. The molecule has 1 rings (SSSR count). The van der Waals surface area contributed by atoms with Gasteiger partial charge in [-0.1, -0.05) is 90.8 Å². The van der Waals surface area contributed by atoms with E-state index in [2.05, 4.69) is 40.7 Å². The normalized spacial score (nSPS) is 13.0. The number of benzene rings is 1. The number of hydrogen-bond donors (Lipinski definition) is 1. The van der Waals surface area contributed by atoms with Gasteiger partial charge < -0.3 is 0 Å². The van der Waals surface area contributed by atoms with Crippen molar-refractivity contribution in [3.63, 3.8) is 0 Å². The van der Waals surface area contributed by atoms with Crippen LogP contribution in [0.3, 0.4) is 0 Å². The van der Waals surface area contributed by atoms with Gasteiger partial charge in [-0.25, -0.2) is 0 Å². The molecule has 0 saturated carbocycles. The number of unbranched alkanes of at least 4 members (excludes halogenated alkanes) is 5. The number of aryl methyl sites for hydroxylation is 2. The molecule has 0 unspecified atom stereocenters. The van der Waals surface area contributed by atoms with Crippen LogP contribution in [0, 0.1) is 13.8 Å². The first-order valence-electron chi connectivity index (χ1n) is 10.6. The molecule has 0 aliphatic rings. The standard InChI is InChI=1S/C22H40O3SSi/c1-8-9-10-11-12-13-14-27(17(2)3,18(4)5)22-20(7)15-19(6)16-21(22)26(23,24)25/h15-18H,8-14H2,1-7H3,(H,23,24,25). The van der Waals surface area contributed by atoms with Crippen LogP contribution in [0.1, 0.15) is 84.3 Å². The average Bonchev–Trinajstić information content (AvgIpc) is 2.53. The van der Waals surface area contributed by atoms with Gasteiger partial charge in [0.1, 0.15) is 0 Å². The Hall–Kier alpha value is -0.653. The van der Waals surface area contributed by atoms with Crippen LogP contribution in [0.25, 0.3) is 0 Å². The van der Waals surface area contributed by atoms with Crippen LogP contribution in [0.15, 0.2) is 17.0 Å². The first-order chi connectivity index (χ1) is 12.5. The van der Waals surface area contributed by atoms with Gasteiger partial charge in [0.2, 0.25) is 0 Å². The third-order valence-corrected chi connectivity index (χ3v) is 14.1. The fraction of sp³-hybridized carbons (Fsp3) is 0.727. The summed E-state index contributed by atoms with van der Waals surface area (Å²) in [6.07, 6.45) is 7.43. The fourth-order valence-corrected chi connectivity index (χ4v) is 12.6. The van der Waals surface area contributed by atoms with Gasteiger partial charge in [0.25, 0.3) is 10.1 Å². The highest BCUT2D eigenvalue weighted by Gasteiger charge is 2.44. The molecule has 0 aliphatic carbocycles. The van der Waals surface area contributed by atoms with Crippen molar-refractivity contribution in [2.75, 3.05) is 0 Å². The highest BCUT2D eigenvalue weighted by Crippen LogP contribution is 2.39. The maximum Gasteiger partial charge on any atom is 0.294 e. The number of hydrogen-bond acceptors (Lipinski definition) is 2. The van der Waals surface area contributed by atoms with Crippen molar-refractivity contribution in [1.29, 1.82) is 0 Å². The van der Waals surface area contributed by atoms with E-state index < -0.39 is 18.2 Å². The van der Waals surface area contributed by atoms with Gasteiger partial charge in [0.15, 0.2) is 0 Å². The Morgan fingerprint density at radius 1 is 0.926 bits per heavy atom. The SMILES string of the molecule is CCCCCCCC[Si](c1c(C)cc(C)cc1S(=O)(=O)O)(C(C)C)C(C)C. The molecule has 0 fully saturated rings. The van der Waals surface area contributed by atoms with E-state index in [0.717, 1.165) is 28.8 Å². The Kier molecular flexibility index (Phi) is 9.23. The topological polar surface area (TPSA) is 54.4 Å². The van der Waals surface area contributed by atoms with E-state index in [1.807, 2.05) is 13.8 Å². The highest BCUT2D eigenvalue weighted by atomic mass is 32.2. The minimum atomic E-state index is -4.24. The maximum absolute atomic E-state index is 12.3. The van der Waals surface area contributed by atoms with Crippen LogP contribution < -0.4 is 5.19 Å². The summed E-state index contributed by atoms with van der Waals surface area (Å²) >= 11 is 0. The van der Waals surface area contributed by atoms with Crippen LogP contribution in [0.2, 0.25) is 17.1 Å².